The predicted octanol–water partition coefficient (Wildman–Crippen LogP) is 3.61. The Kier molecular flexibility index (Phi) is 3.48. The van der Waals surface area contributed by atoms with Crippen LogP contribution in [0.4, 0.5) is 5.69 Å². The minimum atomic E-state index is -1.14. The highest BCUT2D eigenvalue weighted by molar-refractivity contribution is 6.30. The topological polar surface area (TPSA) is 80.4 Å². The number of carboxylic acid groups (broad SMARTS) is 1. The van der Waals surface area contributed by atoms with Gasteiger partial charge in [-0.15, -0.1) is 0 Å². The second-order valence-electron chi connectivity index (χ2n) is 3.80. The van der Waals surface area contributed by atoms with E-state index in [4.69, 9.17) is 16.7 Å². The number of nitro groups is 1. The summed E-state index contributed by atoms with van der Waals surface area (Å²) in [5.41, 5.74) is 0.701. The fraction of sp³-hybridized carbons (Fsp3) is 0. The van der Waals surface area contributed by atoms with Crippen LogP contribution in [-0.4, -0.2) is 16.0 Å². The predicted molar refractivity (Wildman–Crippen MR) is 70.5 cm³/mol. The fourth-order valence-electron chi connectivity index (χ4n) is 1.70. The van der Waals surface area contributed by atoms with Gasteiger partial charge in [0.05, 0.1) is 10.5 Å². The van der Waals surface area contributed by atoms with Crippen LogP contribution in [0.2, 0.25) is 5.02 Å². The Bertz CT molecular complexity index is 652. The zero-order valence-corrected chi connectivity index (χ0v) is 10.3. The van der Waals surface area contributed by atoms with Gasteiger partial charge in [0.1, 0.15) is 0 Å². The molecule has 1 N–H and O–H groups in total. The summed E-state index contributed by atoms with van der Waals surface area (Å²) in [6, 6.07) is 10.1. The van der Waals surface area contributed by atoms with Crippen molar-refractivity contribution in [1.82, 2.24) is 0 Å². The molecule has 6 heteroatoms. The summed E-state index contributed by atoms with van der Waals surface area (Å²) in [6.45, 7) is 0. The largest absolute Gasteiger partial charge is 0.478 e. The Morgan fingerprint density at radius 3 is 2.32 bits per heavy atom. The van der Waals surface area contributed by atoms with Crippen molar-refractivity contribution in [3.05, 3.63) is 63.2 Å². The maximum Gasteiger partial charge on any atom is 0.336 e. The molecule has 5 nitrogen and oxygen atoms in total. The molecule has 2 rings (SSSR count). The Morgan fingerprint density at radius 1 is 1.16 bits per heavy atom. The van der Waals surface area contributed by atoms with E-state index in [0.717, 1.165) is 0 Å². The van der Waals surface area contributed by atoms with Crippen molar-refractivity contribution in [1.29, 1.82) is 0 Å². The minimum Gasteiger partial charge on any atom is -0.478 e. The summed E-state index contributed by atoms with van der Waals surface area (Å²) in [5, 5.41) is 20.4. The lowest BCUT2D eigenvalue weighted by atomic mass is 9.99. The number of non-ortho nitro benzene ring substituents is 1. The highest BCUT2D eigenvalue weighted by Crippen LogP contribution is 2.29. The number of nitro benzene ring substituents is 1. The molecule has 0 spiro atoms. The van der Waals surface area contributed by atoms with Gasteiger partial charge in [0.25, 0.3) is 5.69 Å². The number of benzene rings is 2. The molecule has 0 aliphatic heterocycles. The van der Waals surface area contributed by atoms with E-state index in [2.05, 4.69) is 0 Å². The normalized spacial score (nSPS) is 10.2. The van der Waals surface area contributed by atoms with Gasteiger partial charge in [0.2, 0.25) is 0 Å². The molecule has 0 aliphatic carbocycles. The molecule has 0 aliphatic rings. The second kappa shape index (κ2) is 5.07. The van der Waals surface area contributed by atoms with E-state index in [-0.39, 0.29) is 11.3 Å². The van der Waals surface area contributed by atoms with E-state index in [0.29, 0.717) is 16.1 Å². The van der Waals surface area contributed by atoms with Crippen molar-refractivity contribution in [3.63, 3.8) is 0 Å². The number of hydrogen-bond acceptors (Lipinski definition) is 3. The van der Waals surface area contributed by atoms with Crippen LogP contribution < -0.4 is 0 Å². The van der Waals surface area contributed by atoms with Gasteiger partial charge >= 0.3 is 5.97 Å². The van der Waals surface area contributed by atoms with E-state index < -0.39 is 10.9 Å². The highest BCUT2D eigenvalue weighted by Gasteiger charge is 2.16. The molecule has 0 saturated heterocycles. The lowest BCUT2D eigenvalue weighted by molar-refractivity contribution is -0.384. The maximum absolute atomic E-state index is 11.1. The SMILES string of the molecule is O=C(O)c1ccc([N+](=O)[O-])cc1-c1ccc(Cl)cc1. The zero-order valence-electron chi connectivity index (χ0n) is 9.54. The molecule has 2 aromatic rings. The molecule has 0 unspecified atom stereocenters. The molecule has 19 heavy (non-hydrogen) atoms. The van der Waals surface area contributed by atoms with Crippen molar-refractivity contribution in [2.75, 3.05) is 0 Å². The first-order valence-electron chi connectivity index (χ1n) is 5.26. The summed E-state index contributed by atoms with van der Waals surface area (Å²) in [6.07, 6.45) is 0. The van der Waals surface area contributed by atoms with Gasteiger partial charge in [0.15, 0.2) is 0 Å². The third-order valence-electron chi connectivity index (χ3n) is 2.60. The van der Waals surface area contributed by atoms with Gasteiger partial charge in [-0.2, -0.15) is 0 Å². The standard InChI is InChI=1S/C13H8ClNO4/c14-9-3-1-8(2-4-9)12-7-10(15(18)19)5-6-11(12)13(16)17/h1-7H,(H,16,17). The van der Waals surface area contributed by atoms with Gasteiger partial charge in [-0.3, -0.25) is 10.1 Å². The average Bonchev–Trinajstić information content (AvgIpc) is 2.38. The number of rotatable bonds is 3. The molecule has 0 saturated carbocycles. The number of aromatic carboxylic acids is 1. The lowest BCUT2D eigenvalue weighted by Gasteiger charge is -2.06. The Labute approximate surface area is 113 Å². The van der Waals surface area contributed by atoms with Gasteiger partial charge in [-0.05, 0) is 23.8 Å². The van der Waals surface area contributed by atoms with Crippen LogP contribution in [0, 0.1) is 10.1 Å². The third kappa shape index (κ3) is 2.71. The smallest absolute Gasteiger partial charge is 0.336 e. The van der Waals surface area contributed by atoms with E-state index in [9.17, 15) is 14.9 Å². The number of halogens is 1. The summed E-state index contributed by atoms with van der Waals surface area (Å²) in [4.78, 5) is 21.3. The van der Waals surface area contributed by atoms with E-state index >= 15 is 0 Å². The van der Waals surface area contributed by atoms with Crippen molar-refractivity contribution in [2.24, 2.45) is 0 Å². The van der Waals surface area contributed by atoms with Crippen molar-refractivity contribution < 1.29 is 14.8 Å². The minimum absolute atomic E-state index is 0.00734. The van der Waals surface area contributed by atoms with E-state index in [1.54, 1.807) is 24.3 Å². The Balaban J connectivity index is 2.64. The molecule has 0 atom stereocenters. The quantitative estimate of drug-likeness (QED) is 0.686. The zero-order chi connectivity index (χ0) is 14.0. The van der Waals surface area contributed by atoms with Crippen LogP contribution in [0.1, 0.15) is 10.4 Å². The van der Waals surface area contributed by atoms with Crippen molar-refractivity contribution in [3.8, 4) is 11.1 Å². The van der Waals surface area contributed by atoms with E-state index in [1.807, 2.05) is 0 Å². The summed E-state index contributed by atoms with van der Waals surface area (Å²) < 4.78 is 0. The van der Waals surface area contributed by atoms with Gasteiger partial charge in [-0.25, -0.2) is 4.79 Å². The van der Waals surface area contributed by atoms with Crippen molar-refractivity contribution in [2.45, 2.75) is 0 Å². The number of hydrogen-bond donors (Lipinski definition) is 1. The van der Waals surface area contributed by atoms with Crippen LogP contribution in [0.3, 0.4) is 0 Å². The number of carbonyl (C=O) groups is 1. The van der Waals surface area contributed by atoms with Crippen LogP contribution in [0.25, 0.3) is 11.1 Å². The summed E-state index contributed by atoms with van der Waals surface area (Å²) in [7, 11) is 0. The molecule has 0 radical (unpaired) electrons. The summed E-state index contributed by atoms with van der Waals surface area (Å²) in [5.74, 6) is -1.14. The molecule has 0 heterocycles. The molecule has 0 bridgehead atoms. The molecule has 0 fully saturated rings. The van der Waals surface area contributed by atoms with Gasteiger partial charge in [-0.1, -0.05) is 23.7 Å². The molecule has 0 amide bonds. The van der Waals surface area contributed by atoms with Crippen molar-refractivity contribution >= 4 is 23.3 Å². The van der Waals surface area contributed by atoms with E-state index in [1.165, 1.54) is 18.2 Å². The highest BCUT2D eigenvalue weighted by atomic mass is 35.5. The molecular formula is C13H8ClNO4. The van der Waals surface area contributed by atoms with Gasteiger partial charge in [0, 0.05) is 22.7 Å². The Hall–Kier alpha value is -2.40. The van der Waals surface area contributed by atoms with Crippen LogP contribution >= 0.6 is 11.6 Å². The van der Waals surface area contributed by atoms with Crippen LogP contribution in [0.5, 0.6) is 0 Å². The maximum atomic E-state index is 11.1. The first kappa shape index (κ1) is 13.0. The van der Waals surface area contributed by atoms with Crippen LogP contribution in [0.15, 0.2) is 42.5 Å². The second-order valence-corrected chi connectivity index (χ2v) is 4.24. The Morgan fingerprint density at radius 2 is 1.79 bits per heavy atom. The number of nitrogens with zero attached hydrogens (tertiary/aromatic N) is 1. The first-order valence-corrected chi connectivity index (χ1v) is 5.64. The first-order chi connectivity index (χ1) is 8.99. The van der Waals surface area contributed by atoms with Gasteiger partial charge < -0.3 is 5.11 Å². The molecule has 2 aromatic carbocycles. The third-order valence-corrected chi connectivity index (χ3v) is 2.85. The fourth-order valence-corrected chi connectivity index (χ4v) is 1.83. The monoisotopic (exact) mass is 277 g/mol. The number of carboxylic acids is 1. The van der Waals surface area contributed by atoms with Crippen LogP contribution in [-0.2, 0) is 0 Å². The lowest BCUT2D eigenvalue weighted by Crippen LogP contribution is -2.00. The molecule has 0 aromatic heterocycles. The molecular weight excluding hydrogens is 270 g/mol. The average molecular weight is 278 g/mol. The summed E-state index contributed by atoms with van der Waals surface area (Å²) >= 11 is 5.76. The molecule has 96 valence electrons.